The van der Waals surface area contributed by atoms with Gasteiger partial charge < -0.3 is 0 Å². The first-order chi connectivity index (χ1) is 12.3. The average Bonchev–Trinajstić information content (AvgIpc) is 3.13. The van der Waals surface area contributed by atoms with Crippen molar-refractivity contribution in [3.63, 3.8) is 0 Å². The quantitative estimate of drug-likeness (QED) is 0.564. The summed E-state index contributed by atoms with van der Waals surface area (Å²) in [6, 6.07) is 0. The summed E-state index contributed by atoms with van der Waals surface area (Å²) in [6.45, 7) is -1.84. The molecule has 3 heterocycles. The molecule has 27 heavy (non-hydrogen) atoms. The summed E-state index contributed by atoms with van der Waals surface area (Å²) in [4.78, 5) is 15.8. The van der Waals surface area contributed by atoms with Gasteiger partial charge in [0.2, 0.25) is 0 Å². The third-order valence-electron chi connectivity index (χ3n) is 3.65. The van der Waals surface area contributed by atoms with Crippen LogP contribution in [0, 0.1) is 0 Å². The highest BCUT2D eigenvalue weighted by atomic mass is 32.2. The first-order valence-electron chi connectivity index (χ1n) is 7.13. The van der Waals surface area contributed by atoms with E-state index in [1.807, 2.05) is 0 Å². The zero-order chi connectivity index (χ0) is 20.2. The van der Waals surface area contributed by atoms with Crippen LogP contribution < -0.4 is 5.56 Å². The molecule has 5 nitrogen and oxygen atoms in total. The van der Waals surface area contributed by atoms with E-state index in [0.717, 1.165) is 16.3 Å². The summed E-state index contributed by atoms with van der Waals surface area (Å²) in [7, 11) is 0. The molecule has 0 atom stereocenters. The SMILES string of the molecule is O=c1c(-c2cnn(CC(F)(F)C(F)(F)F)c2)c(C(F)(F)F)nc2n1CCS2. The van der Waals surface area contributed by atoms with Crippen LogP contribution in [0.2, 0.25) is 0 Å². The fourth-order valence-electron chi connectivity index (χ4n) is 2.41. The Kier molecular flexibility index (Phi) is 4.51. The molecule has 1 aliphatic heterocycles. The van der Waals surface area contributed by atoms with Crippen molar-refractivity contribution in [2.75, 3.05) is 5.75 Å². The van der Waals surface area contributed by atoms with E-state index in [1.54, 1.807) is 0 Å². The summed E-state index contributed by atoms with van der Waals surface area (Å²) < 4.78 is 104. The van der Waals surface area contributed by atoms with E-state index in [0.29, 0.717) is 18.1 Å². The van der Waals surface area contributed by atoms with Gasteiger partial charge in [-0.25, -0.2) is 4.98 Å². The summed E-state index contributed by atoms with van der Waals surface area (Å²) in [5.74, 6) is -4.83. The van der Waals surface area contributed by atoms with Crippen LogP contribution in [0.15, 0.2) is 22.3 Å². The molecular weight excluding hydrogens is 412 g/mol. The lowest BCUT2D eigenvalue weighted by molar-refractivity contribution is -0.287. The van der Waals surface area contributed by atoms with Gasteiger partial charge in [-0.3, -0.25) is 14.0 Å². The van der Waals surface area contributed by atoms with Crippen LogP contribution in [0.1, 0.15) is 5.69 Å². The van der Waals surface area contributed by atoms with Crippen molar-refractivity contribution in [3.05, 3.63) is 28.4 Å². The molecule has 0 aliphatic carbocycles. The van der Waals surface area contributed by atoms with Crippen LogP contribution >= 0.6 is 11.8 Å². The second-order valence-corrected chi connectivity index (χ2v) is 6.61. The molecule has 0 N–H and O–H groups in total. The molecule has 2 aromatic heterocycles. The van der Waals surface area contributed by atoms with E-state index in [2.05, 4.69) is 10.1 Å². The van der Waals surface area contributed by atoms with E-state index in [1.165, 1.54) is 0 Å². The average molecular weight is 420 g/mol. The predicted molar refractivity (Wildman–Crippen MR) is 76.4 cm³/mol. The maximum absolute atomic E-state index is 13.3. The fraction of sp³-hybridized carbons (Fsp3) is 0.462. The minimum atomic E-state index is -5.86. The molecule has 0 radical (unpaired) electrons. The van der Waals surface area contributed by atoms with Crippen LogP contribution in [0.3, 0.4) is 0 Å². The number of hydrogen-bond donors (Lipinski definition) is 0. The minimum absolute atomic E-state index is 0.0945. The Balaban J connectivity index is 2.08. The molecule has 0 spiro atoms. The van der Waals surface area contributed by atoms with Crippen molar-refractivity contribution in [1.29, 1.82) is 0 Å². The largest absolute Gasteiger partial charge is 0.455 e. The molecule has 0 saturated heterocycles. The molecule has 1 aliphatic rings. The number of alkyl halides is 8. The standard InChI is InChI=1S/C13H8F8N4OS/c14-11(15,13(19,20)21)5-24-4-6(3-22-24)7-8(12(16,17)18)23-10-25(9(7)26)1-2-27-10/h3-4H,1-2,5H2. The molecule has 2 aromatic rings. The molecule has 0 aromatic carbocycles. The van der Waals surface area contributed by atoms with Crippen molar-refractivity contribution < 1.29 is 35.1 Å². The Morgan fingerprint density at radius 2 is 1.78 bits per heavy atom. The number of fused-ring (bicyclic) bond motifs is 1. The molecular formula is C13H8F8N4OS. The Morgan fingerprint density at radius 3 is 2.37 bits per heavy atom. The van der Waals surface area contributed by atoms with Crippen molar-refractivity contribution >= 4 is 11.8 Å². The topological polar surface area (TPSA) is 52.7 Å². The third-order valence-corrected chi connectivity index (χ3v) is 4.60. The molecule has 148 valence electrons. The summed E-state index contributed by atoms with van der Waals surface area (Å²) in [5.41, 5.74) is -4.12. The molecule has 0 bridgehead atoms. The molecule has 3 rings (SSSR count). The summed E-state index contributed by atoms with van der Waals surface area (Å²) in [5, 5.41) is 3.09. The van der Waals surface area contributed by atoms with Crippen molar-refractivity contribution in [3.8, 4) is 11.1 Å². The summed E-state index contributed by atoms with van der Waals surface area (Å²) >= 11 is 0.939. The van der Waals surface area contributed by atoms with E-state index in [9.17, 15) is 39.9 Å². The highest BCUT2D eigenvalue weighted by Crippen LogP contribution is 2.38. The second kappa shape index (κ2) is 6.21. The molecule has 14 heteroatoms. The van der Waals surface area contributed by atoms with Gasteiger partial charge in [-0.15, -0.1) is 0 Å². The van der Waals surface area contributed by atoms with E-state index in [4.69, 9.17) is 0 Å². The first kappa shape index (κ1) is 19.6. The monoisotopic (exact) mass is 420 g/mol. The minimum Gasteiger partial charge on any atom is -0.286 e. The highest BCUT2D eigenvalue weighted by Gasteiger charge is 2.57. The van der Waals surface area contributed by atoms with Crippen LogP contribution in [0.4, 0.5) is 35.1 Å². The Morgan fingerprint density at radius 1 is 1.11 bits per heavy atom. The van der Waals surface area contributed by atoms with Gasteiger partial charge in [-0.2, -0.15) is 40.2 Å². The van der Waals surface area contributed by atoms with E-state index >= 15 is 0 Å². The smallest absolute Gasteiger partial charge is 0.286 e. The lowest BCUT2D eigenvalue weighted by atomic mass is 10.1. The van der Waals surface area contributed by atoms with Crippen LogP contribution in [0.5, 0.6) is 0 Å². The van der Waals surface area contributed by atoms with Crippen molar-refractivity contribution in [2.24, 2.45) is 0 Å². The van der Waals surface area contributed by atoms with Gasteiger partial charge in [0.15, 0.2) is 10.9 Å². The Hall–Kier alpha value is -2.12. The van der Waals surface area contributed by atoms with Gasteiger partial charge in [0.1, 0.15) is 6.54 Å². The number of nitrogens with zero attached hydrogens (tertiary/aromatic N) is 4. The zero-order valence-corrected chi connectivity index (χ0v) is 13.7. The van der Waals surface area contributed by atoms with Gasteiger partial charge in [0.25, 0.3) is 5.56 Å². The molecule has 0 saturated carbocycles. The normalized spacial score (nSPS) is 15.3. The Bertz CT molecular complexity index is 930. The van der Waals surface area contributed by atoms with Gasteiger partial charge in [0, 0.05) is 24.1 Å². The number of halogens is 8. The van der Waals surface area contributed by atoms with Gasteiger partial charge in [0.05, 0.1) is 11.8 Å². The molecule has 0 fully saturated rings. The maximum atomic E-state index is 13.3. The number of rotatable bonds is 3. The highest BCUT2D eigenvalue weighted by molar-refractivity contribution is 7.99. The summed E-state index contributed by atoms with van der Waals surface area (Å²) in [6.07, 6.45) is -9.75. The Labute approximate surface area is 149 Å². The van der Waals surface area contributed by atoms with E-state index in [-0.39, 0.29) is 16.4 Å². The van der Waals surface area contributed by atoms with E-state index < -0.39 is 47.2 Å². The number of hydrogen-bond acceptors (Lipinski definition) is 4. The third kappa shape index (κ3) is 3.53. The molecule has 0 amide bonds. The van der Waals surface area contributed by atoms with Gasteiger partial charge in [-0.05, 0) is 0 Å². The second-order valence-electron chi connectivity index (χ2n) is 5.55. The predicted octanol–water partition coefficient (Wildman–Crippen LogP) is 3.43. The van der Waals surface area contributed by atoms with Crippen LogP contribution in [-0.2, 0) is 19.3 Å². The van der Waals surface area contributed by atoms with Gasteiger partial charge in [-0.1, -0.05) is 11.8 Å². The van der Waals surface area contributed by atoms with Crippen molar-refractivity contribution in [2.45, 2.75) is 36.5 Å². The zero-order valence-electron chi connectivity index (χ0n) is 12.9. The van der Waals surface area contributed by atoms with Gasteiger partial charge >= 0.3 is 18.3 Å². The van der Waals surface area contributed by atoms with Crippen LogP contribution in [-0.4, -0.2) is 37.2 Å². The fourth-order valence-corrected chi connectivity index (χ4v) is 3.35. The lowest BCUT2D eigenvalue weighted by Crippen LogP contribution is -2.40. The number of aromatic nitrogens is 4. The first-order valence-corrected chi connectivity index (χ1v) is 8.12. The molecule has 0 unspecified atom stereocenters. The van der Waals surface area contributed by atoms with Crippen LogP contribution in [0.25, 0.3) is 11.1 Å². The van der Waals surface area contributed by atoms with Crippen molar-refractivity contribution in [1.82, 2.24) is 19.3 Å². The maximum Gasteiger partial charge on any atom is 0.455 e. The number of thioether (sulfide) groups is 1. The lowest BCUT2D eigenvalue weighted by Gasteiger charge is -2.19.